The minimum Gasteiger partial charge on any atom is -0.386 e. The molecule has 5 heterocycles. The number of nitrogens with zero attached hydrogens (tertiary/aromatic N) is 5. The second-order valence-corrected chi connectivity index (χ2v) is 10.6. The largest absolute Gasteiger partial charge is 0.472 e. The monoisotopic (exact) mass is 732 g/mol. The number of H-pyrrole nitrogens is 1. The maximum Gasteiger partial charge on any atom is 0.472 e. The van der Waals surface area contributed by atoms with E-state index in [-0.39, 0.29) is 49.6 Å². The molecule has 19 nitrogen and oxygen atoms in total. The molecule has 7 N–H and O–H groups in total. The highest BCUT2D eigenvalue weighted by molar-refractivity contribution is 14.1. The SMILES string of the molecule is Nc1ccn([C@@H]2OC(COOI)[C@@H](OP(=O)(O)OCC3CCC(n4cnc5c(=O)[nH]c(N)nc54)O3)C2O)c(=O)n1.S. The van der Waals surface area contributed by atoms with Crippen molar-refractivity contribution in [2.24, 2.45) is 0 Å². The van der Waals surface area contributed by atoms with Crippen LogP contribution < -0.4 is 22.7 Å². The average Bonchev–Trinajstić information content (AvgIpc) is 3.60. The van der Waals surface area contributed by atoms with Gasteiger partial charge in [-0.05, 0) is 18.9 Å². The van der Waals surface area contributed by atoms with Gasteiger partial charge < -0.3 is 30.9 Å². The third-order valence-corrected chi connectivity index (χ3v) is 7.48. The molecule has 5 rings (SSSR count). The van der Waals surface area contributed by atoms with Crippen LogP contribution in [0.1, 0.15) is 25.3 Å². The first-order valence-corrected chi connectivity index (χ1v) is 14.1. The molecule has 0 bridgehead atoms. The Kier molecular flexibility index (Phi) is 10.1. The van der Waals surface area contributed by atoms with Gasteiger partial charge in [-0.25, -0.2) is 19.2 Å². The topological polar surface area (TPSA) is 263 Å². The van der Waals surface area contributed by atoms with Gasteiger partial charge in [-0.2, -0.15) is 26.7 Å². The maximum absolute atomic E-state index is 12.8. The van der Waals surface area contributed by atoms with Crippen molar-refractivity contribution < 1.29 is 41.2 Å². The Labute approximate surface area is 250 Å². The zero-order chi connectivity index (χ0) is 28.6. The lowest BCUT2D eigenvalue weighted by molar-refractivity contribution is -0.201. The number of hydrogen-bond donors (Lipinski definition) is 5. The number of phosphoric ester groups is 1. The summed E-state index contributed by atoms with van der Waals surface area (Å²) in [7, 11) is -4.81. The Morgan fingerprint density at radius 1 is 1.20 bits per heavy atom. The quantitative estimate of drug-likeness (QED) is 0.0753. The van der Waals surface area contributed by atoms with Crippen LogP contribution in [0.4, 0.5) is 11.8 Å². The van der Waals surface area contributed by atoms with Gasteiger partial charge in [0.1, 0.15) is 37.0 Å². The van der Waals surface area contributed by atoms with E-state index in [4.69, 9.17) is 34.9 Å². The second-order valence-electron chi connectivity index (χ2n) is 8.85. The van der Waals surface area contributed by atoms with E-state index in [0.29, 0.717) is 12.8 Å². The predicted molar refractivity (Wildman–Crippen MR) is 151 cm³/mol. The van der Waals surface area contributed by atoms with Crippen LogP contribution in [-0.2, 0) is 31.2 Å². The molecule has 2 aliphatic rings. The van der Waals surface area contributed by atoms with Gasteiger partial charge in [-0.15, -0.1) is 0 Å². The first kappa shape index (κ1) is 31.7. The summed E-state index contributed by atoms with van der Waals surface area (Å²) in [5.74, 6) is -0.123. The van der Waals surface area contributed by atoms with E-state index in [1.807, 2.05) is 0 Å². The van der Waals surface area contributed by atoms with Crippen LogP contribution in [0.3, 0.4) is 0 Å². The van der Waals surface area contributed by atoms with Crippen LogP contribution in [0.25, 0.3) is 11.2 Å². The fraction of sp³-hybridized carbons (Fsp3) is 0.526. The number of ether oxygens (including phenoxy) is 2. The summed E-state index contributed by atoms with van der Waals surface area (Å²) in [6.07, 6.45) is -3.26. The number of halogens is 1. The molecule has 22 heteroatoms. The van der Waals surface area contributed by atoms with E-state index < -0.39 is 55.9 Å². The number of anilines is 2. The van der Waals surface area contributed by atoms with Gasteiger partial charge in [0.2, 0.25) is 5.95 Å². The maximum atomic E-state index is 12.8. The number of aliphatic hydroxyl groups excluding tert-OH is 1. The lowest BCUT2D eigenvalue weighted by Crippen LogP contribution is -2.38. The number of fused-ring (bicyclic) bond motifs is 1. The summed E-state index contributed by atoms with van der Waals surface area (Å²) >= 11 is 1.45. The molecule has 0 saturated carbocycles. The molecule has 0 aromatic carbocycles. The van der Waals surface area contributed by atoms with Crippen molar-refractivity contribution in [2.45, 2.75) is 49.7 Å². The van der Waals surface area contributed by atoms with Crippen LogP contribution in [0, 0.1) is 0 Å². The molecule has 5 unspecified atom stereocenters. The molecule has 0 aliphatic carbocycles. The van der Waals surface area contributed by atoms with E-state index in [1.54, 1.807) is 0 Å². The fourth-order valence-corrected chi connectivity index (χ4v) is 5.59. The van der Waals surface area contributed by atoms with E-state index >= 15 is 0 Å². The third kappa shape index (κ3) is 6.91. The number of aliphatic hydroxyl groups is 1. The van der Waals surface area contributed by atoms with Crippen molar-refractivity contribution in [1.82, 2.24) is 29.1 Å². The van der Waals surface area contributed by atoms with Gasteiger partial charge in [0.05, 0.1) is 19.0 Å². The van der Waals surface area contributed by atoms with Crippen LogP contribution in [0.2, 0.25) is 0 Å². The number of imidazole rings is 1. The molecule has 2 aliphatic heterocycles. The zero-order valence-corrected chi connectivity index (χ0v) is 24.9. The molecule has 41 heavy (non-hydrogen) atoms. The number of hydrogen-bond acceptors (Lipinski definition) is 15. The Bertz CT molecular complexity index is 1540. The van der Waals surface area contributed by atoms with Crippen molar-refractivity contribution in [2.75, 3.05) is 24.7 Å². The highest BCUT2D eigenvalue weighted by atomic mass is 127. The number of nitrogen functional groups attached to an aromatic ring is 2. The standard InChI is InChI=1S/C19H24IN8O11P.H2S/c20-39-34-6-9-14(13(29)17(37-9)27-4-3-10(21)24-19(27)31)38-40(32,33)35-5-8-1-2-11(36-8)28-7-23-12-15(28)25-18(22)26-16(12)30;/h3-4,7-9,11,13-14,17,29H,1-2,5-6H2,(H,32,33)(H2,21,24,31)(H3,22,25,26,30);1H2/t8?,9?,11?,13?,14-,17-;/m1./s1. The summed E-state index contributed by atoms with van der Waals surface area (Å²) in [5.41, 5.74) is 10.1. The first-order chi connectivity index (χ1) is 19.1. The smallest absolute Gasteiger partial charge is 0.386 e. The summed E-state index contributed by atoms with van der Waals surface area (Å²) in [6, 6.07) is 1.32. The average molecular weight is 732 g/mol. The summed E-state index contributed by atoms with van der Waals surface area (Å²) in [5, 5.41) is 10.8. The van der Waals surface area contributed by atoms with E-state index in [9.17, 15) is 24.2 Å². The fourth-order valence-electron chi connectivity index (χ4n) is 4.46. The van der Waals surface area contributed by atoms with E-state index in [1.165, 1.54) is 46.2 Å². The molecular formula is C19H26IN8O11PS. The highest BCUT2D eigenvalue weighted by Crippen LogP contribution is 2.49. The Hall–Kier alpha value is -2.18. The van der Waals surface area contributed by atoms with E-state index in [2.05, 4.69) is 23.2 Å². The first-order valence-electron chi connectivity index (χ1n) is 11.7. The molecule has 226 valence electrons. The third-order valence-electron chi connectivity index (χ3n) is 6.24. The summed E-state index contributed by atoms with van der Waals surface area (Å²) < 4.78 is 41.9. The van der Waals surface area contributed by atoms with Gasteiger partial charge in [-0.3, -0.25) is 28.0 Å². The minimum atomic E-state index is -4.81. The lowest BCUT2D eigenvalue weighted by atomic mass is 10.1. The molecule has 0 amide bonds. The predicted octanol–water partition coefficient (Wildman–Crippen LogP) is -0.610. The lowest BCUT2D eigenvalue weighted by Gasteiger charge is -2.23. The van der Waals surface area contributed by atoms with Gasteiger partial charge in [-0.1, -0.05) is 0 Å². The molecular weight excluding hydrogens is 706 g/mol. The van der Waals surface area contributed by atoms with Crippen molar-refractivity contribution >= 4 is 67.3 Å². The Balaban J connectivity index is 0.00000387. The second kappa shape index (κ2) is 13.0. The van der Waals surface area contributed by atoms with Crippen LogP contribution in [0.15, 0.2) is 28.2 Å². The number of nitrogens with one attached hydrogen (secondary N) is 1. The van der Waals surface area contributed by atoms with Crippen molar-refractivity contribution in [3.8, 4) is 0 Å². The number of rotatable bonds is 10. The molecule has 0 radical (unpaired) electrons. The van der Waals surface area contributed by atoms with E-state index in [0.717, 1.165) is 4.57 Å². The van der Waals surface area contributed by atoms with Crippen LogP contribution >= 0.6 is 44.3 Å². The molecule has 3 aromatic rings. The van der Waals surface area contributed by atoms with Gasteiger partial charge in [0, 0.05) is 6.20 Å². The van der Waals surface area contributed by atoms with Gasteiger partial charge in [0.15, 0.2) is 40.4 Å². The normalized spacial score (nSPS) is 27.6. The molecule has 3 aromatic heterocycles. The summed E-state index contributed by atoms with van der Waals surface area (Å²) in [6.45, 7) is -0.675. The molecule has 7 atom stereocenters. The number of aromatic nitrogens is 6. The number of phosphoric acid groups is 1. The van der Waals surface area contributed by atoms with Gasteiger partial charge >= 0.3 is 13.5 Å². The Morgan fingerprint density at radius 2 is 1.98 bits per heavy atom. The molecule has 2 fully saturated rings. The molecule has 0 spiro atoms. The highest BCUT2D eigenvalue weighted by Gasteiger charge is 2.49. The van der Waals surface area contributed by atoms with Crippen molar-refractivity contribution in [3.05, 3.63) is 39.4 Å². The van der Waals surface area contributed by atoms with Crippen LogP contribution in [-0.4, -0.2) is 76.7 Å². The van der Waals surface area contributed by atoms with Gasteiger partial charge in [0.25, 0.3) is 5.56 Å². The zero-order valence-electron chi connectivity index (χ0n) is 20.8. The Morgan fingerprint density at radius 3 is 2.71 bits per heavy atom. The van der Waals surface area contributed by atoms with Crippen LogP contribution in [0.5, 0.6) is 0 Å². The minimum absolute atomic E-state index is 0. The number of aromatic amines is 1. The van der Waals surface area contributed by atoms with Crippen molar-refractivity contribution in [3.63, 3.8) is 0 Å². The van der Waals surface area contributed by atoms with Crippen molar-refractivity contribution in [1.29, 1.82) is 0 Å². The number of nitrogens with two attached hydrogens (primary N) is 2. The summed E-state index contributed by atoms with van der Waals surface area (Å²) in [4.78, 5) is 53.7. The molecule has 2 saturated heterocycles.